The first-order valence-corrected chi connectivity index (χ1v) is 8.50. The van der Waals surface area contributed by atoms with Crippen LogP contribution in [0.15, 0.2) is 47.6 Å². The van der Waals surface area contributed by atoms with Crippen LogP contribution in [0, 0.1) is 5.82 Å². The topological polar surface area (TPSA) is 67.8 Å². The largest absolute Gasteiger partial charge is 0.489 e. The number of benzene rings is 1. The maximum atomic E-state index is 13.3. The van der Waals surface area contributed by atoms with Gasteiger partial charge in [-0.2, -0.15) is 0 Å². The summed E-state index contributed by atoms with van der Waals surface area (Å²) >= 11 is 0. The smallest absolute Gasteiger partial charge is 0.213 e. The summed E-state index contributed by atoms with van der Waals surface area (Å²) in [6.07, 6.45) is 2.38. The average Bonchev–Trinajstić information content (AvgIpc) is 2.67. The number of guanidine groups is 1. The van der Waals surface area contributed by atoms with Gasteiger partial charge in [0, 0.05) is 31.9 Å². The number of rotatable bonds is 8. The highest BCUT2D eigenvalue weighted by Crippen LogP contribution is 2.14. The minimum Gasteiger partial charge on any atom is -0.489 e. The van der Waals surface area contributed by atoms with Crippen LogP contribution in [0.25, 0.3) is 0 Å². The Kier molecular flexibility index (Phi) is 7.67. The Morgan fingerprint density at radius 3 is 2.81 bits per heavy atom. The number of aliphatic imine (C=N–C) groups is 1. The van der Waals surface area contributed by atoms with Crippen molar-refractivity contribution in [2.45, 2.75) is 26.0 Å². The highest BCUT2D eigenvalue weighted by atomic mass is 19.1. The summed E-state index contributed by atoms with van der Waals surface area (Å²) in [6.45, 7) is 3.15. The maximum Gasteiger partial charge on any atom is 0.213 e. The van der Waals surface area contributed by atoms with E-state index in [1.807, 2.05) is 19.1 Å². The lowest BCUT2D eigenvalue weighted by Gasteiger charge is -2.20. The molecule has 1 aromatic carbocycles. The number of nitrogens with one attached hydrogen (secondary N) is 2. The Balaban J connectivity index is 1.84. The number of ether oxygens (including phenoxy) is 2. The van der Waals surface area contributed by atoms with Crippen LogP contribution < -0.4 is 20.1 Å². The van der Waals surface area contributed by atoms with E-state index in [4.69, 9.17) is 9.47 Å². The SMILES string of the molecule is CCC(CNC(=NC)NCc1ccnc(OC)c1)Oc1cccc(F)c1. The quantitative estimate of drug-likeness (QED) is 0.560. The third-order valence-electron chi connectivity index (χ3n) is 3.74. The van der Waals surface area contributed by atoms with Crippen molar-refractivity contribution in [3.8, 4) is 11.6 Å². The van der Waals surface area contributed by atoms with Crippen LogP contribution in [-0.4, -0.2) is 37.7 Å². The van der Waals surface area contributed by atoms with Crippen molar-refractivity contribution in [3.63, 3.8) is 0 Å². The third kappa shape index (κ3) is 6.23. The molecule has 0 spiro atoms. The van der Waals surface area contributed by atoms with Crippen molar-refractivity contribution in [2.24, 2.45) is 4.99 Å². The van der Waals surface area contributed by atoms with Crippen molar-refractivity contribution in [1.82, 2.24) is 15.6 Å². The predicted octanol–water partition coefficient (Wildman–Crippen LogP) is 2.75. The molecule has 0 aliphatic rings. The van der Waals surface area contributed by atoms with Crippen molar-refractivity contribution in [3.05, 3.63) is 54.0 Å². The van der Waals surface area contributed by atoms with E-state index in [1.54, 1.807) is 32.5 Å². The highest BCUT2D eigenvalue weighted by Gasteiger charge is 2.10. The Hall–Kier alpha value is -2.83. The van der Waals surface area contributed by atoms with Gasteiger partial charge >= 0.3 is 0 Å². The lowest BCUT2D eigenvalue weighted by Crippen LogP contribution is -2.42. The molecule has 0 saturated carbocycles. The fraction of sp³-hybridized carbons (Fsp3) is 0.368. The number of aromatic nitrogens is 1. The lowest BCUT2D eigenvalue weighted by atomic mass is 10.2. The van der Waals surface area contributed by atoms with Gasteiger partial charge in [-0.1, -0.05) is 13.0 Å². The zero-order valence-electron chi connectivity index (χ0n) is 15.3. The molecule has 2 N–H and O–H groups in total. The lowest BCUT2D eigenvalue weighted by molar-refractivity contribution is 0.199. The van der Waals surface area contributed by atoms with Gasteiger partial charge in [0.05, 0.1) is 13.7 Å². The van der Waals surface area contributed by atoms with Gasteiger partial charge in [-0.25, -0.2) is 9.37 Å². The first kappa shape index (κ1) is 19.5. The monoisotopic (exact) mass is 360 g/mol. The first-order chi connectivity index (χ1) is 12.6. The number of methoxy groups -OCH3 is 1. The molecular formula is C19H25FN4O2. The number of hydrogen-bond acceptors (Lipinski definition) is 4. The molecule has 2 rings (SSSR count). The molecule has 7 heteroatoms. The summed E-state index contributed by atoms with van der Waals surface area (Å²) in [5, 5.41) is 6.46. The average molecular weight is 360 g/mol. The molecule has 26 heavy (non-hydrogen) atoms. The Morgan fingerprint density at radius 1 is 1.27 bits per heavy atom. The Morgan fingerprint density at radius 2 is 2.12 bits per heavy atom. The van der Waals surface area contributed by atoms with Gasteiger partial charge in [0.2, 0.25) is 5.88 Å². The van der Waals surface area contributed by atoms with Crippen molar-refractivity contribution >= 4 is 5.96 Å². The number of halogens is 1. The van der Waals surface area contributed by atoms with E-state index in [-0.39, 0.29) is 11.9 Å². The predicted molar refractivity (Wildman–Crippen MR) is 100 cm³/mol. The van der Waals surface area contributed by atoms with E-state index >= 15 is 0 Å². The van der Waals surface area contributed by atoms with Crippen LogP contribution in [0.5, 0.6) is 11.6 Å². The van der Waals surface area contributed by atoms with Crippen LogP contribution in [0.4, 0.5) is 4.39 Å². The van der Waals surface area contributed by atoms with Crippen LogP contribution in [-0.2, 0) is 6.54 Å². The summed E-state index contributed by atoms with van der Waals surface area (Å²) in [4.78, 5) is 8.29. The van der Waals surface area contributed by atoms with Crippen molar-refractivity contribution < 1.29 is 13.9 Å². The number of nitrogens with zero attached hydrogens (tertiary/aromatic N) is 2. The van der Waals surface area contributed by atoms with Gasteiger partial charge in [0.15, 0.2) is 5.96 Å². The van der Waals surface area contributed by atoms with Crippen LogP contribution in [0.2, 0.25) is 0 Å². The molecule has 0 radical (unpaired) electrons. The van der Waals surface area contributed by atoms with Crippen LogP contribution >= 0.6 is 0 Å². The zero-order chi connectivity index (χ0) is 18.8. The molecule has 1 unspecified atom stereocenters. The molecule has 0 amide bonds. The molecule has 0 saturated heterocycles. The number of pyridine rings is 1. The minimum atomic E-state index is -0.310. The van der Waals surface area contributed by atoms with Gasteiger partial charge in [-0.15, -0.1) is 0 Å². The van der Waals surface area contributed by atoms with E-state index in [0.29, 0.717) is 30.7 Å². The molecule has 0 aliphatic heterocycles. The molecule has 140 valence electrons. The van der Waals surface area contributed by atoms with E-state index in [2.05, 4.69) is 20.6 Å². The Bertz CT molecular complexity index is 724. The molecule has 6 nitrogen and oxygen atoms in total. The molecule has 0 aliphatic carbocycles. The maximum absolute atomic E-state index is 13.3. The van der Waals surface area contributed by atoms with Crippen LogP contribution in [0.1, 0.15) is 18.9 Å². The van der Waals surface area contributed by atoms with Crippen molar-refractivity contribution in [1.29, 1.82) is 0 Å². The third-order valence-corrected chi connectivity index (χ3v) is 3.74. The molecule has 0 bridgehead atoms. The molecule has 1 heterocycles. The van der Waals surface area contributed by atoms with Crippen molar-refractivity contribution in [2.75, 3.05) is 20.7 Å². The van der Waals surface area contributed by atoms with Gasteiger partial charge in [-0.3, -0.25) is 4.99 Å². The summed E-state index contributed by atoms with van der Waals surface area (Å²) in [5.74, 6) is 1.44. The minimum absolute atomic E-state index is 0.101. The summed E-state index contributed by atoms with van der Waals surface area (Å²) in [6, 6.07) is 9.93. The van der Waals surface area contributed by atoms with Crippen LogP contribution in [0.3, 0.4) is 0 Å². The first-order valence-electron chi connectivity index (χ1n) is 8.50. The highest BCUT2D eigenvalue weighted by molar-refractivity contribution is 5.79. The van der Waals surface area contributed by atoms with Gasteiger partial charge in [0.25, 0.3) is 0 Å². The van der Waals surface area contributed by atoms with Gasteiger partial charge < -0.3 is 20.1 Å². The number of hydrogen-bond donors (Lipinski definition) is 2. The van der Waals surface area contributed by atoms with E-state index in [9.17, 15) is 4.39 Å². The molecule has 0 fully saturated rings. The van der Waals surface area contributed by atoms with Gasteiger partial charge in [0.1, 0.15) is 17.7 Å². The zero-order valence-corrected chi connectivity index (χ0v) is 15.3. The summed E-state index contributed by atoms with van der Waals surface area (Å²) < 4.78 is 24.2. The normalized spacial score (nSPS) is 12.4. The van der Waals surface area contributed by atoms with E-state index in [1.165, 1.54) is 12.1 Å². The van der Waals surface area contributed by atoms with Gasteiger partial charge in [-0.05, 0) is 30.2 Å². The second kappa shape index (κ2) is 10.2. The summed E-state index contributed by atoms with van der Waals surface area (Å²) in [5.41, 5.74) is 1.03. The second-order valence-corrected chi connectivity index (χ2v) is 5.62. The molecule has 1 atom stereocenters. The fourth-order valence-corrected chi connectivity index (χ4v) is 2.29. The molecular weight excluding hydrogens is 335 g/mol. The second-order valence-electron chi connectivity index (χ2n) is 5.62. The fourth-order valence-electron chi connectivity index (χ4n) is 2.29. The van der Waals surface area contributed by atoms with E-state index < -0.39 is 0 Å². The molecule has 1 aromatic heterocycles. The summed E-state index contributed by atoms with van der Waals surface area (Å²) in [7, 11) is 3.29. The van der Waals surface area contributed by atoms with E-state index in [0.717, 1.165) is 12.0 Å². The Labute approximate surface area is 153 Å². The standard InChI is InChI=1S/C19H25FN4O2/c1-4-16(26-17-7-5-6-15(20)11-17)13-24-19(21-2)23-12-14-8-9-22-18(10-14)25-3/h5-11,16H,4,12-13H2,1-3H3,(H2,21,23,24). The molecule has 2 aromatic rings.